The fraction of sp³-hybridized carbons (Fsp3) is 0.0556. The molecule has 0 bridgehead atoms. The monoisotopic (exact) mass is 496 g/mol. The van der Waals surface area contributed by atoms with E-state index in [1.165, 1.54) is 44.5 Å². The van der Waals surface area contributed by atoms with Crippen LogP contribution in [0, 0.1) is 6.92 Å². The van der Waals surface area contributed by atoms with Crippen molar-refractivity contribution < 1.29 is 0 Å². The second kappa shape index (κ2) is 11.7. The Kier molecular flexibility index (Phi) is 7.79. The Bertz CT molecular complexity index is 1390. The first-order valence-electron chi connectivity index (χ1n) is 12.6. The van der Waals surface area contributed by atoms with Gasteiger partial charge in [-0.2, -0.15) is 0 Å². The van der Waals surface area contributed by atoms with Crippen LogP contribution in [0.5, 0.6) is 0 Å². The van der Waals surface area contributed by atoms with Crippen LogP contribution in [0.2, 0.25) is 5.02 Å². The van der Waals surface area contributed by atoms with Crippen LogP contribution in [0.15, 0.2) is 146 Å². The van der Waals surface area contributed by atoms with Crippen LogP contribution >= 0.6 is 11.6 Å². The second-order valence-corrected chi connectivity index (χ2v) is 9.67. The predicted molar refractivity (Wildman–Crippen MR) is 159 cm³/mol. The number of benzene rings is 5. The molecule has 0 heterocycles. The summed E-state index contributed by atoms with van der Waals surface area (Å²) in [7, 11) is 0. The van der Waals surface area contributed by atoms with Crippen molar-refractivity contribution in [2.24, 2.45) is 0 Å². The molecule has 5 rings (SSSR count). The molecule has 0 saturated carbocycles. The molecule has 0 aromatic heterocycles. The van der Waals surface area contributed by atoms with Gasteiger partial charge in [0, 0.05) is 10.9 Å². The van der Waals surface area contributed by atoms with Gasteiger partial charge in [0.25, 0.3) is 0 Å². The maximum atomic E-state index is 6.19. The van der Waals surface area contributed by atoms with Gasteiger partial charge in [-0.05, 0) is 58.0 Å². The van der Waals surface area contributed by atoms with Gasteiger partial charge in [0.2, 0.25) is 0 Å². The largest absolute Gasteiger partial charge is 0.0843 e. The number of hydrogen-bond acceptors (Lipinski definition) is 0. The van der Waals surface area contributed by atoms with Crippen LogP contribution < -0.4 is 0 Å². The van der Waals surface area contributed by atoms with E-state index in [0.29, 0.717) is 0 Å². The molecule has 0 spiro atoms. The average molecular weight is 497 g/mol. The van der Waals surface area contributed by atoms with E-state index in [1.807, 2.05) is 12.1 Å². The third-order valence-corrected chi connectivity index (χ3v) is 6.86. The first kappa shape index (κ1) is 24.6. The van der Waals surface area contributed by atoms with Crippen molar-refractivity contribution in [3.63, 3.8) is 0 Å². The standard InChI is InChI=1S/C36H29Cl/c1-27-15-19-31(20-16-27)36(33-23-25-34(37)26-24-33)32-21-17-28(18-22-32)9-8-14-35(29-10-4-2-5-11-29)30-12-6-3-7-13-30/h2-26,36H,1H3. The summed E-state index contributed by atoms with van der Waals surface area (Å²) in [5.74, 6) is 0.151. The normalized spacial score (nSPS) is 11.8. The van der Waals surface area contributed by atoms with Gasteiger partial charge in [-0.1, -0.05) is 157 Å². The van der Waals surface area contributed by atoms with Crippen LogP contribution in [0.1, 0.15) is 44.9 Å². The minimum Gasteiger partial charge on any atom is -0.0843 e. The zero-order chi connectivity index (χ0) is 25.5. The Labute approximate surface area is 225 Å². The molecule has 1 unspecified atom stereocenters. The Morgan fingerprint density at radius 3 is 1.54 bits per heavy atom. The quantitative estimate of drug-likeness (QED) is 0.155. The molecule has 0 aliphatic rings. The molecule has 0 N–H and O–H groups in total. The minimum atomic E-state index is 0.151. The summed E-state index contributed by atoms with van der Waals surface area (Å²) in [5, 5.41) is 0.755. The van der Waals surface area contributed by atoms with Gasteiger partial charge in [0.05, 0.1) is 0 Å². The highest BCUT2D eigenvalue weighted by Crippen LogP contribution is 2.33. The number of allylic oxidation sites excluding steroid dienone is 2. The van der Waals surface area contributed by atoms with Crippen LogP contribution in [0.3, 0.4) is 0 Å². The van der Waals surface area contributed by atoms with Crippen molar-refractivity contribution >= 4 is 23.3 Å². The van der Waals surface area contributed by atoms with Crippen molar-refractivity contribution in [2.45, 2.75) is 12.8 Å². The topological polar surface area (TPSA) is 0 Å². The first-order chi connectivity index (χ1) is 18.2. The lowest BCUT2D eigenvalue weighted by Crippen LogP contribution is -2.03. The summed E-state index contributed by atoms with van der Waals surface area (Å²) in [6.07, 6.45) is 6.50. The number of halogens is 1. The van der Waals surface area contributed by atoms with Crippen molar-refractivity contribution in [3.8, 4) is 0 Å². The Balaban J connectivity index is 1.44. The molecule has 0 saturated heterocycles. The van der Waals surface area contributed by atoms with Crippen LogP contribution in [0.4, 0.5) is 0 Å². The van der Waals surface area contributed by atoms with Crippen molar-refractivity contribution in [1.82, 2.24) is 0 Å². The third kappa shape index (κ3) is 6.17. The number of hydrogen-bond donors (Lipinski definition) is 0. The summed E-state index contributed by atoms with van der Waals surface area (Å²) < 4.78 is 0. The number of aryl methyl sites for hydroxylation is 1. The molecule has 0 fully saturated rings. The van der Waals surface area contributed by atoms with Gasteiger partial charge in [0.15, 0.2) is 0 Å². The van der Waals surface area contributed by atoms with Gasteiger partial charge in [0.1, 0.15) is 0 Å². The molecule has 5 aromatic rings. The van der Waals surface area contributed by atoms with E-state index in [1.54, 1.807) is 0 Å². The van der Waals surface area contributed by atoms with Crippen LogP contribution in [-0.4, -0.2) is 0 Å². The lowest BCUT2D eigenvalue weighted by Gasteiger charge is -2.19. The molecule has 1 heteroatoms. The Morgan fingerprint density at radius 2 is 1.03 bits per heavy atom. The molecule has 180 valence electrons. The van der Waals surface area contributed by atoms with Crippen molar-refractivity contribution in [2.75, 3.05) is 0 Å². The molecule has 0 aliphatic heterocycles. The van der Waals surface area contributed by atoms with Gasteiger partial charge >= 0.3 is 0 Å². The summed E-state index contributed by atoms with van der Waals surface area (Å²) in [4.78, 5) is 0. The fourth-order valence-corrected chi connectivity index (χ4v) is 4.77. The Morgan fingerprint density at radius 1 is 0.568 bits per heavy atom. The van der Waals surface area contributed by atoms with E-state index in [0.717, 1.165) is 5.02 Å². The molecular formula is C36H29Cl. The molecule has 0 nitrogen and oxygen atoms in total. The van der Waals surface area contributed by atoms with Gasteiger partial charge in [-0.25, -0.2) is 0 Å². The maximum Gasteiger partial charge on any atom is 0.0406 e. The molecular weight excluding hydrogens is 468 g/mol. The molecule has 37 heavy (non-hydrogen) atoms. The molecule has 0 aliphatic carbocycles. The van der Waals surface area contributed by atoms with E-state index < -0.39 is 0 Å². The van der Waals surface area contributed by atoms with E-state index in [-0.39, 0.29) is 5.92 Å². The predicted octanol–water partition coefficient (Wildman–Crippen LogP) is 9.97. The zero-order valence-corrected chi connectivity index (χ0v) is 21.6. The summed E-state index contributed by atoms with van der Waals surface area (Å²) >= 11 is 6.19. The highest BCUT2D eigenvalue weighted by molar-refractivity contribution is 6.30. The lowest BCUT2D eigenvalue weighted by atomic mass is 9.84. The van der Waals surface area contributed by atoms with E-state index in [4.69, 9.17) is 11.6 Å². The minimum absolute atomic E-state index is 0.151. The van der Waals surface area contributed by atoms with E-state index >= 15 is 0 Å². The average Bonchev–Trinajstić information content (AvgIpc) is 2.95. The number of rotatable bonds is 7. The molecule has 1 atom stereocenters. The van der Waals surface area contributed by atoms with Crippen LogP contribution in [-0.2, 0) is 0 Å². The van der Waals surface area contributed by atoms with Gasteiger partial charge in [-0.3, -0.25) is 0 Å². The second-order valence-electron chi connectivity index (χ2n) is 9.23. The summed E-state index contributed by atoms with van der Waals surface area (Å²) in [6, 6.07) is 46.9. The van der Waals surface area contributed by atoms with Gasteiger partial charge < -0.3 is 0 Å². The SMILES string of the molecule is Cc1ccc(C(c2ccc(Cl)cc2)c2ccc(C=CC=C(c3ccccc3)c3ccccc3)cc2)cc1. The van der Waals surface area contributed by atoms with E-state index in [2.05, 4.69) is 146 Å². The van der Waals surface area contributed by atoms with Crippen molar-refractivity contribution in [3.05, 3.63) is 190 Å². The lowest BCUT2D eigenvalue weighted by molar-refractivity contribution is 0.976. The molecule has 0 amide bonds. The molecule has 5 aromatic carbocycles. The zero-order valence-electron chi connectivity index (χ0n) is 20.9. The first-order valence-corrected chi connectivity index (χ1v) is 13.0. The maximum absolute atomic E-state index is 6.19. The van der Waals surface area contributed by atoms with E-state index in [9.17, 15) is 0 Å². The Hall–Kier alpha value is -4.13. The summed E-state index contributed by atoms with van der Waals surface area (Å²) in [5.41, 5.74) is 9.81. The van der Waals surface area contributed by atoms with Crippen molar-refractivity contribution in [1.29, 1.82) is 0 Å². The fourth-order valence-electron chi connectivity index (χ4n) is 4.64. The highest BCUT2D eigenvalue weighted by atomic mass is 35.5. The van der Waals surface area contributed by atoms with Crippen LogP contribution in [0.25, 0.3) is 11.6 Å². The van der Waals surface area contributed by atoms with Gasteiger partial charge in [-0.15, -0.1) is 0 Å². The third-order valence-electron chi connectivity index (χ3n) is 6.60. The molecule has 0 radical (unpaired) electrons. The smallest absolute Gasteiger partial charge is 0.0406 e. The highest BCUT2D eigenvalue weighted by Gasteiger charge is 2.16. The summed E-state index contributed by atoms with van der Waals surface area (Å²) in [6.45, 7) is 2.12.